The molecule has 1 unspecified atom stereocenters. The van der Waals surface area contributed by atoms with Gasteiger partial charge in [-0.25, -0.2) is 13.1 Å². The lowest BCUT2D eigenvalue weighted by molar-refractivity contribution is -0.130. The van der Waals surface area contributed by atoms with Gasteiger partial charge in [0.1, 0.15) is 0 Å². The molecule has 0 saturated carbocycles. The van der Waals surface area contributed by atoms with Crippen LogP contribution in [0.3, 0.4) is 0 Å². The van der Waals surface area contributed by atoms with E-state index in [0.29, 0.717) is 19.3 Å². The first-order chi connectivity index (χ1) is 13.5. The molecule has 1 heterocycles. The molecule has 0 bridgehead atoms. The number of benzene rings is 2. The summed E-state index contributed by atoms with van der Waals surface area (Å²) in [5.41, 5.74) is 3.31. The maximum absolute atomic E-state index is 12.6. The highest BCUT2D eigenvalue weighted by molar-refractivity contribution is 7.99. The first kappa shape index (κ1) is 19.5. The molecule has 2 aliphatic rings. The largest absolute Gasteiger partial charge is 0.341 e. The predicted octanol–water partition coefficient (Wildman–Crippen LogP) is 2.25. The zero-order chi connectivity index (χ0) is 19.6. The van der Waals surface area contributed by atoms with Gasteiger partial charge in [-0.1, -0.05) is 36.4 Å². The maximum Gasteiger partial charge on any atom is 0.240 e. The van der Waals surface area contributed by atoms with E-state index in [1.54, 1.807) is 30.3 Å². The van der Waals surface area contributed by atoms with Gasteiger partial charge in [-0.15, -0.1) is 0 Å². The van der Waals surface area contributed by atoms with Gasteiger partial charge >= 0.3 is 0 Å². The summed E-state index contributed by atoms with van der Waals surface area (Å²) >= 11 is 1.89. The Morgan fingerprint density at radius 2 is 1.75 bits per heavy atom. The summed E-state index contributed by atoms with van der Waals surface area (Å²) < 4.78 is 28.0. The fourth-order valence-electron chi connectivity index (χ4n) is 3.85. The van der Waals surface area contributed by atoms with Crippen molar-refractivity contribution in [3.8, 4) is 0 Å². The topological polar surface area (TPSA) is 66.5 Å². The average Bonchev–Trinajstić information content (AvgIpc) is 3.10. The van der Waals surface area contributed by atoms with Gasteiger partial charge in [-0.3, -0.25) is 4.79 Å². The van der Waals surface area contributed by atoms with E-state index in [1.165, 1.54) is 0 Å². The monoisotopic (exact) mass is 416 g/mol. The van der Waals surface area contributed by atoms with Crippen LogP contribution in [0.1, 0.15) is 16.7 Å². The van der Waals surface area contributed by atoms with Crippen molar-refractivity contribution in [2.24, 2.45) is 0 Å². The summed E-state index contributed by atoms with van der Waals surface area (Å²) in [6, 6.07) is 14.4. The summed E-state index contributed by atoms with van der Waals surface area (Å²) in [5, 5.41) is 0. The molecule has 1 amide bonds. The maximum atomic E-state index is 12.6. The molecule has 0 radical (unpaired) electrons. The predicted molar refractivity (Wildman–Crippen MR) is 112 cm³/mol. The van der Waals surface area contributed by atoms with Gasteiger partial charge in [0.05, 0.1) is 11.3 Å². The highest BCUT2D eigenvalue weighted by atomic mass is 32.2. The van der Waals surface area contributed by atoms with Crippen LogP contribution >= 0.6 is 11.8 Å². The number of hydrogen-bond donors (Lipinski definition) is 1. The number of carbonyl (C=O) groups excluding carboxylic acids is 1. The molecular formula is C21H24N2O3S2. The Bertz CT molecular complexity index is 955. The molecule has 1 fully saturated rings. The van der Waals surface area contributed by atoms with Crippen molar-refractivity contribution in [1.29, 1.82) is 0 Å². The molecule has 1 N–H and O–H groups in total. The van der Waals surface area contributed by atoms with Crippen molar-refractivity contribution in [2.45, 2.75) is 30.2 Å². The normalized spacial score (nSPS) is 19.4. The molecule has 5 nitrogen and oxygen atoms in total. The molecule has 1 saturated heterocycles. The van der Waals surface area contributed by atoms with Gasteiger partial charge in [0.15, 0.2) is 0 Å². The quantitative estimate of drug-likeness (QED) is 0.812. The summed E-state index contributed by atoms with van der Waals surface area (Å²) in [7, 11) is -3.52. The number of sulfonamides is 1. The van der Waals surface area contributed by atoms with Gasteiger partial charge in [0.25, 0.3) is 0 Å². The standard InChI is InChI=1S/C21H24N2O3S2/c24-21(23-8-10-27-11-9-23)13-16-6-7-17-14-19(15-18(17)12-16)22-28(25,26)20-4-2-1-3-5-20/h1-7,12,19,22H,8-11,13-15H2. The third-order valence-corrected chi connectivity index (χ3v) is 7.78. The molecule has 0 spiro atoms. The first-order valence-corrected chi connectivity index (χ1v) is 12.2. The number of thioether (sulfide) groups is 1. The van der Waals surface area contributed by atoms with Crippen LogP contribution in [0.5, 0.6) is 0 Å². The van der Waals surface area contributed by atoms with Crippen molar-refractivity contribution in [1.82, 2.24) is 9.62 Å². The van der Waals surface area contributed by atoms with E-state index < -0.39 is 10.0 Å². The second-order valence-electron chi connectivity index (χ2n) is 7.31. The molecule has 148 valence electrons. The third-order valence-electron chi connectivity index (χ3n) is 5.30. The number of hydrogen-bond acceptors (Lipinski definition) is 4. The minimum atomic E-state index is -3.52. The Hall–Kier alpha value is -1.83. The molecule has 4 rings (SSSR count). The molecule has 1 aliphatic carbocycles. The van der Waals surface area contributed by atoms with E-state index in [-0.39, 0.29) is 16.8 Å². The fraction of sp³-hybridized carbons (Fsp3) is 0.381. The highest BCUT2D eigenvalue weighted by Gasteiger charge is 2.27. The first-order valence-electron chi connectivity index (χ1n) is 9.55. The van der Waals surface area contributed by atoms with Gasteiger partial charge in [-0.2, -0.15) is 11.8 Å². The van der Waals surface area contributed by atoms with Gasteiger partial charge in [0, 0.05) is 30.6 Å². The minimum absolute atomic E-state index is 0.148. The van der Waals surface area contributed by atoms with Crippen LogP contribution in [0, 0.1) is 0 Å². The Kier molecular flexibility index (Phi) is 5.75. The zero-order valence-corrected chi connectivity index (χ0v) is 17.3. The fourth-order valence-corrected chi connectivity index (χ4v) is 6.01. The second kappa shape index (κ2) is 8.27. The Morgan fingerprint density at radius 1 is 1.04 bits per heavy atom. The van der Waals surface area contributed by atoms with E-state index in [0.717, 1.165) is 41.3 Å². The SMILES string of the molecule is O=C(Cc1ccc2c(c1)CC(NS(=O)(=O)c1ccccc1)C2)N1CCSCC1. The number of fused-ring (bicyclic) bond motifs is 1. The van der Waals surface area contributed by atoms with Crippen LogP contribution in [0.25, 0.3) is 0 Å². The molecule has 1 aliphatic heterocycles. The molecule has 0 aromatic heterocycles. The summed E-state index contributed by atoms with van der Waals surface area (Å²) in [6.45, 7) is 1.66. The van der Waals surface area contributed by atoms with Crippen LogP contribution in [0.15, 0.2) is 53.4 Å². The average molecular weight is 417 g/mol. The van der Waals surface area contributed by atoms with Gasteiger partial charge in [-0.05, 0) is 41.7 Å². The van der Waals surface area contributed by atoms with E-state index in [2.05, 4.69) is 10.8 Å². The zero-order valence-electron chi connectivity index (χ0n) is 15.6. The Labute approximate surface area is 170 Å². The molecule has 1 atom stereocenters. The van der Waals surface area contributed by atoms with Gasteiger partial charge < -0.3 is 4.90 Å². The number of nitrogens with zero attached hydrogens (tertiary/aromatic N) is 1. The number of nitrogens with one attached hydrogen (secondary N) is 1. The molecule has 28 heavy (non-hydrogen) atoms. The Balaban J connectivity index is 1.40. The van der Waals surface area contributed by atoms with Crippen LogP contribution < -0.4 is 4.72 Å². The second-order valence-corrected chi connectivity index (χ2v) is 10.3. The number of rotatable bonds is 5. The number of carbonyl (C=O) groups is 1. The lowest BCUT2D eigenvalue weighted by Crippen LogP contribution is -2.38. The molecule has 2 aromatic carbocycles. The van der Waals surface area contributed by atoms with Crippen LogP contribution in [-0.2, 0) is 34.1 Å². The lowest BCUT2D eigenvalue weighted by atomic mass is 10.0. The minimum Gasteiger partial charge on any atom is -0.341 e. The summed E-state index contributed by atoms with van der Waals surface area (Å²) in [5.74, 6) is 2.21. The van der Waals surface area contributed by atoms with E-state index in [4.69, 9.17) is 0 Å². The van der Waals surface area contributed by atoms with Gasteiger partial charge in [0.2, 0.25) is 15.9 Å². The van der Waals surface area contributed by atoms with E-state index >= 15 is 0 Å². The van der Waals surface area contributed by atoms with Crippen molar-refractivity contribution in [2.75, 3.05) is 24.6 Å². The van der Waals surface area contributed by atoms with E-state index in [1.807, 2.05) is 28.8 Å². The van der Waals surface area contributed by atoms with Crippen molar-refractivity contribution >= 4 is 27.7 Å². The van der Waals surface area contributed by atoms with Crippen molar-refractivity contribution in [3.05, 3.63) is 65.2 Å². The molecular weight excluding hydrogens is 392 g/mol. The van der Waals surface area contributed by atoms with E-state index in [9.17, 15) is 13.2 Å². The molecule has 2 aromatic rings. The number of amides is 1. The molecule has 7 heteroatoms. The summed E-state index contributed by atoms with van der Waals surface area (Å²) in [4.78, 5) is 14.7. The van der Waals surface area contributed by atoms with Crippen LogP contribution in [0.4, 0.5) is 0 Å². The van der Waals surface area contributed by atoms with Crippen molar-refractivity contribution in [3.63, 3.8) is 0 Å². The highest BCUT2D eigenvalue weighted by Crippen LogP contribution is 2.25. The van der Waals surface area contributed by atoms with Crippen LogP contribution in [0.2, 0.25) is 0 Å². The van der Waals surface area contributed by atoms with Crippen LogP contribution in [-0.4, -0.2) is 49.9 Å². The third kappa shape index (κ3) is 4.42. The summed E-state index contributed by atoms with van der Waals surface area (Å²) in [6.07, 6.45) is 1.75. The lowest BCUT2D eigenvalue weighted by Gasteiger charge is -2.26. The smallest absolute Gasteiger partial charge is 0.240 e. The Morgan fingerprint density at radius 3 is 2.50 bits per heavy atom. The van der Waals surface area contributed by atoms with Crippen molar-refractivity contribution < 1.29 is 13.2 Å².